The zero-order chi connectivity index (χ0) is 20.0. The van der Waals surface area contributed by atoms with Crippen molar-refractivity contribution in [3.05, 3.63) is 28.7 Å². The molecule has 1 aromatic carbocycles. The van der Waals surface area contributed by atoms with Crippen LogP contribution in [0.4, 0.5) is 0 Å². The van der Waals surface area contributed by atoms with Crippen molar-refractivity contribution in [3.63, 3.8) is 0 Å². The highest BCUT2D eigenvalue weighted by molar-refractivity contribution is 9.10. The first-order chi connectivity index (χ1) is 12.7. The number of benzene rings is 1. The number of carbonyl (C=O) groups is 2. The van der Waals surface area contributed by atoms with E-state index in [0.717, 1.165) is 17.3 Å². The maximum Gasteiger partial charge on any atom is 0.240 e. The topological polar surface area (TPSA) is 95.6 Å². The van der Waals surface area contributed by atoms with Crippen LogP contribution in [-0.2, 0) is 19.6 Å². The minimum absolute atomic E-state index is 0.0186. The lowest BCUT2D eigenvalue weighted by Crippen LogP contribution is -2.47. The fraction of sp³-hybridized carbons (Fsp3) is 0.556. The zero-order valence-corrected chi connectivity index (χ0v) is 18.0. The Labute approximate surface area is 169 Å². The SMILES string of the molecule is CC(C)C(=O)N1CCC(NC(=O)CCNS(=O)(=O)c2ccc(Br)cc2)CC1. The van der Waals surface area contributed by atoms with Crippen molar-refractivity contribution >= 4 is 37.8 Å². The number of piperidine rings is 1. The molecule has 2 N–H and O–H groups in total. The lowest BCUT2D eigenvalue weighted by atomic mass is 10.0. The quantitative estimate of drug-likeness (QED) is 0.650. The van der Waals surface area contributed by atoms with Gasteiger partial charge in [-0.15, -0.1) is 0 Å². The predicted octanol–water partition coefficient (Wildman–Crippen LogP) is 1.88. The summed E-state index contributed by atoms with van der Waals surface area (Å²) in [5, 5.41) is 2.92. The third-order valence-electron chi connectivity index (χ3n) is 4.43. The molecule has 0 atom stereocenters. The molecule has 1 aliphatic rings. The number of rotatable bonds is 7. The maximum atomic E-state index is 12.2. The maximum absolute atomic E-state index is 12.2. The molecule has 1 saturated heterocycles. The van der Waals surface area contributed by atoms with Gasteiger partial charge >= 0.3 is 0 Å². The fourth-order valence-corrected chi connectivity index (χ4v) is 4.20. The van der Waals surface area contributed by atoms with Gasteiger partial charge in [0.15, 0.2) is 0 Å². The number of sulfonamides is 1. The second kappa shape index (κ2) is 9.66. The summed E-state index contributed by atoms with van der Waals surface area (Å²) in [6, 6.07) is 6.32. The lowest BCUT2D eigenvalue weighted by Gasteiger charge is -2.33. The monoisotopic (exact) mass is 459 g/mol. The molecule has 2 rings (SSSR count). The second-order valence-corrected chi connectivity index (χ2v) is 9.61. The van der Waals surface area contributed by atoms with Gasteiger partial charge in [-0.25, -0.2) is 13.1 Å². The Hall–Kier alpha value is -1.45. The minimum atomic E-state index is -3.63. The van der Waals surface area contributed by atoms with E-state index in [1.165, 1.54) is 12.1 Å². The van der Waals surface area contributed by atoms with Gasteiger partial charge in [0.2, 0.25) is 21.8 Å². The molecule has 0 unspecified atom stereocenters. The molecule has 0 saturated carbocycles. The van der Waals surface area contributed by atoms with Crippen LogP contribution in [0.1, 0.15) is 33.1 Å². The van der Waals surface area contributed by atoms with Gasteiger partial charge in [-0.05, 0) is 37.1 Å². The van der Waals surface area contributed by atoms with Crippen LogP contribution in [0.15, 0.2) is 33.6 Å². The largest absolute Gasteiger partial charge is 0.353 e. The highest BCUT2D eigenvalue weighted by Gasteiger charge is 2.25. The summed E-state index contributed by atoms with van der Waals surface area (Å²) in [5.74, 6) is -0.0702. The summed E-state index contributed by atoms with van der Waals surface area (Å²) in [6.45, 7) is 5.07. The summed E-state index contributed by atoms with van der Waals surface area (Å²) in [7, 11) is -3.63. The van der Waals surface area contributed by atoms with E-state index in [1.54, 1.807) is 12.1 Å². The Morgan fingerprint density at radius 2 is 1.78 bits per heavy atom. The van der Waals surface area contributed by atoms with E-state index in [4.69, 9.17) is 0 Å². The molecule has 9 heteroatoms. The Morgan fingerprint density at radius 1 is 1.19 bits per heavy atom. The van der Waals surface area contributed by atoms with Gasteiger partial charge in [-0.3, -0.25) is 9.59 Å². The van der Waals surface area contributed by atoms with Crippen molar-refractivity contribution in [2.45, 2.75) is 44.0 Å². The Morgan fingerprint density at radius 3 is 2.33 bits per heavy atom. The molecule has 0 aromatic heterocycles. The van der Waals surface area contributed by atoms with Crippen LogP contribution < -0.4 is 10.0 Å². The molecule has 0 bridgehead atoms. The normalized spacial score (nSPS) is 15.8. The van der Waals surface area contributed by atoms with Gasteiger partial charge in [0, 0.05) is 42.5 Å². The molecule has 7 nitrogen and oxygen atoms in total. The minimum Gasteiger partial charge on any atom is -0.353 e. The van der Waals surface area contributed by atoms with Crippen molar-refractivity contribution in [1.29, 1.82) is 0 Å². The number of nitrogens with one attached hydrogen (secondary N) is 2. The number of amides is 2. The number of likely N-dealkylation sites (tertiary alicyclic amines) is 1. The van der Waals surface area contributed by atoms with Gasteiger partial charge in [-0.2, -0.15) is 0 Å². The molecule has 1 fully saturated rings. The standard InChI is InChI=1S/C18H26BrN3O4S/c1-13(2)18(24)22-11-8-15(9-12-22)21-17(23)7-10-20-27(25,26)16-5-3-14(19)4-6-16/h3-6,13,15,20H,7-12H2,1-2H3,(H,21,23). The van der Waals surface area contributed by atoms with E-state index in [-0.39, 0.29) is 41.6 Å². The first-order valence-corrected chi connectivity index (χ1v) is 11.3. The van der Waals surface area contributed by atoms with E-state index in [2.05, 4.69) is 26.0 Å². The van der Waals surface area contributed by atoms with Crippen LogP contribution in [0.2, 0.25) is 0 Å². The first-order valence-electron chi connectivity index (χ1n) is 9.02. The highest BCUT2D eigenvalue weighted by Crippen LogP contribution is 2.15. The van der Waals surface area contributed by atoms with Gasteiger partial charge in [0.05, 0.1) is 4.90 Å². The first kappa shape index (κ1) is 21.8. The molecular weight excluding hydrogens is 434 g/mol. The molecule has 0 aliphatic carbocycles. The smallest absolute Gasteiger partial charge is 0.240 e. The van der Waals surface area contributed by atoms with Gasteiger partial charge in [-0.1, -0.05) is 29.8 Å². The Bertz CT molecular complexity index is 757. The molecule has 0 spiro atoms. The van der Waals surface area contributed by atoms with E-state index >= 15 is 0 Å². The van der Waals surface area contributed by atoms with Crippen LogP contribution >= 0.6 is 15.9 Å². The molecule has 2 amide bonds. The van der Waals surface area contributed by atoms with Crippen LogP contribution in [0.3, 0.4) is 0 Å². The average Bonchev–Trinajstić information content (AvgIpc) is 2.62. The van der Waals surface area contributed by atoms with Gasteiger partial charge in [0.1, 0.15) is 0 Å². The fourth-order valence-electron chi connectivity index (χ4n) is 2.91. The number of hydrogen-bond acceptors (Lipinski definition) is 4. The van der Waals surface area contributed by atoms with Crippen LogP contribution in [0, 0.1) is 5.92 Å². The highest BCUT2D eigenvalue weighted by atomic mass is 79.9. The van der Waals surface area contributed by atoms with Crippen molar-refractivity contribution in [2.24, 2.45) is 5.92 Å². The molecule has 1 aliphatic heterocycles. The summed E-state index contributed by atoms with van der Waals surface area (Å²) in [6.07, 6.45) is 1.50. The molecule has 27 heavy (non-hydrogen) atoms. The summed E-state index contributed by atoms with van der Waals surface area (Å²) >= 11 is 3.26. The van der Waals surface area contributed by atoms with Crippen LogP contribution in [0.5, 0.6) is 0 Å². The van der Waals surface area contributed by atoms with Crippen molar-refractivity contribution in [1.82, 2.24) is 14.9 Å². The third-order valence-corrected chi connectivity index (χ3v) is 6.44. The van der Waals surface area contributed by atoms with Crippen molar-refractivity contribution in [2.75, 3.05) is 19.6 Å². The zero-order valence-electron chi connectivity index (χ0n) is 15.6. The number of hydrogen-bond donors (Lipinski definition) is 2. The van der Waals surface area contributed by atoms with E-state index in [1.807, 2.05) is 18.7 Å². The molecule has 1 heterocycles. The van der Waals surface area contributed by atoms with Crippen LogP contribution in [0.25, 0.3) is 0 Å². The molecule has 0 radical (unpaired) electrons. The average molecular weight is 460 g/mol. The number of carbonyl (C=O) groups excluding carboxylic acids is 2. The number of halogens is 1. The molecule has 1 aromatic rings. The van der Waals surface area contributed by atoms with E-state index in [9.17, 15) is 18.0 Å². The Kier molecular flexibility index (Phi) is 7.81. The van der Waals surface area contributed by atoms with E-state index < -0.39 is 10.0 Å². The Balaban J connectivity index is 1.72. The van der Waals surface area contributed by atoms with Crippen molar-refractivity contribution < 1.29 is 18.0 Å². The molecule has 150 valence electrons. The second-order valence-electron chi connectivity index (χ2n) is 6.92. The third kappa shape index (κ3) is 6.58. The van der Waals surface area contributed by atoms with Gasteiger partial charge < -0.3 is 10.2 Å². The number of nitrogens with zero attached hydrogens (tertiary/aromatic N) is 1. The predicted molar refractivity (Wildman–Crippen MR) is 107 cm³/mol. The van der Waals surface area contributed by atoms with Crippen LogP contribution in [-0.4, -0.2) is 50.8 Å². The summed E-state index contributed by atoms with van der Waals surface area (Å²) in [4.78, 5) is 26.0. The lowest BCUT2D eigenvalue weighted by molar-refractivity contribution is -0.135. The summed E-state index contributed by atoms with van der Waals surface area (Å²) < 4.78 is 27.6. The molecular formula is C18H26BrN3O4S. The van der Waals surface area contributed by atoms with E-state index in [0.29, 0.717) is 13.1 Å². The van der Waals surface area contributed by atoms with Gasteiger partial charge in [0.25, 0.3) is 0 Å². The van der Waals surface area contributed by atoms with Crippen molar-refractivity contribution in [3.8, 4) is 0 Å². The summed E-state index contributed by atoms with van der Waals surface area (Å²) in [5.41, 5.74) is 0.